The molecule has 0 aliphatic carbocycles. The van der Waals surface area contributed by atoms with E-state index < -0.39 is 17.7 Å². The molecule has 0 saturated carbocycles. The van der Waals surface area contributed by atoms with Gasteiger partial charge in [-0.15, -0.1) is 0 Å². The standard InChI is InChI=1S/C9H18O4.C8H16O4/c1-4-6-7-13-9(3,8(10)11)12-5-2;1-2-3-4-11-5-6-12-7-8(9)10/h4-7H2,1-3H3,(H,10,11);2-7H2,1H3,(H,9,10). The quantitative estimate of drug-likeness (QED) is 0.336. The average molecular weight is 366 g/mol. The molecule has 0 amide bonds. The Morgan fingerprint density at radius 3 is 1.88 bits per heavy atom. The Balaban J connectivity index is 0. The lowest BCUT2D eigenvalue weighted by molar-refractivity contribution is -0.235. The van der Waals surface area contributed by atoms with Crippen LogP contribution in [0.2, 0.25) is 0 Å². The van der Waals surface area contributed by atoms with Crippen molar-refractivity contribution in [2.24, 2.45) is 0 Å². The molecule has 0 radical (unpaired) electrons. The predicted octanol–water partition coefficient (Wildman–Crippen LogP) is 2.54. The van der Waals surface area contributed by atoms with Gasteiger partial charge in [-0.25, -0.2) is 9.59 Å². The fraction of sp³-hybridized carbons (Fsp3) is 0.882. The number of aliphatic carboxylic acids is 2. The van der Waals surface area contributed by atoms with Crippen LogP contribution in [-0.4, -0.2) is 67.6 Å². The molecule has 1 unspecified atom stereocenters. The summed E-state index contributed by atoms with van der Waals surface area (Å²) < 4.78 is 20.1. The number of hydrogen-bond acceptors (Lipinski definition) is 6. The van der Waals surface area contributed by atoms with Crippen molar-refractivity contribution in [2.45, 2.75) is 59.2 Å². The first kappa shape index (κ1) is 26.0. The number of unbranched alkanes of at least 4 members (excludes halogenated alkanes) is 2. The number of rotatable bonds is 15. The van der Waals surface area contributed by atoms with Gasteiger partial charge in [0.25, 0.3) is 5.79 Å². The van der Waals surface area contributed by atoms with Gasteiger partial charge in [-0.1, -0.05) is 26.7 Å². The highest BCUT2D eigenvalue weighted by molar-refractivity contribution is 5.75. The minimum absolute atomic E-state index is 0.239. The molecule has 0 fully saturated rings. The van der Waals surface area contributed by atoms with Gasteiger partial charge in [-0.3, -0.25) is 0 Å². The third kappa shape index (κ3) is 17.4. The highest BCUT2D eigenvalue weighted by Crippen LogP contribution is 2.13. The van der Waals surface area contributed by atoms with Gasteiger partial charge in [0, 0.05) is 20.1 Å². The summed E-state index contributed by atoms with van der Waals surface area (Å²) in [7, 11) is 0. The SMILES string of the molecule is CCCCOC(C)(OCC)C(=O)O.CCCCOCCOCC(=O)O. The van der Waals surface area contributed by atoms with Gasteiger partial charge < -0.3 is 29.2 Å². The fourth-order valence-electron chi connectivity index (χ4n) is 1.48. The van der Waals surface area contributed by atoms with E-state index in [1.165, 1.54) is 6.92 Å². The topological polar surface area (TPSA) is 112 Å². The van der Waals surface area contributed by atoms with Crippen molar-refractivity contribution in [3.8, 4) is 0 Å². The molecule has 8 heteroatoms. The monoisotopic (exact) mass is 366 g/mol. The predicted molar refractivity (Wildman–Crippen MR) is 92.7 cm³/mol. The van der Waals surface area contributed by atoms with Gasteiger partial charge in [0.15, 0.2) is 0 Å². The first-order valence-electron chi connectivity index (χ1n) is 8.72. The van der Waals surface area contributed by atoms with Crippen LogP contribution in [0.25, 0.3) is 0 Å². The van der Waals surface area contributed by atoms with Crippen LogP contribution in [0.5, 0.6) is 0 Å². The molecule has 0 spiro atoms. The lowest BCUT2D eigenvalue weighted by Gasteiger charge is -2.24. The Morgan fingerprint density at radius 2 is 1.40 bits per heavy atom. The van der Waals surface area contributed by atoms with Crippen LogP contribution >= 0.6 is 0 Å². The van der Waals surface area contributed by atoms with E-state index in [2.05, 4.69) is 6.92 Å². The number of hydrogen-bond donors (Lipinski definition) is 2. The van der Waals surface area contributed by atoms with Gasteiger partial charge in [-0.2, -0.15) is 0 Å². The maximum Gasteiger partial charge on any atom is 0.364 e. The molecule has 0 heterocycles. The Bertz CT molecular complexity index is 335. The van der Waals surface area contributed by atoms with Crippen LogP contribution in [-0.2, 0) is 28.5 Å². The van der Waals surface area contributed by atoms with E-state index in [9.17, 15) is 9.59 Å². The van der Waals surface area contributed by atoms with Crippen molar-refractivity contribution < 1.29 is 38.7 Å². The minimum atomic E-state index is -1.48. The van der Waals surface area contributed by atoms with Crippen molar-refractivity contribution >= 4 is 11.9 Å². The number of carboxylic acids is 2. The molecule has 150 valence electrons. The molecule has 0 aromatic rings. The lowest BCUT2D eigenvalue weighted by Crippen LogP contribution is -2.41. The molecule has 1 atom stereocenters. The van der Waals surface area contributed by atoms with Crippen LogP contribution in [0.4, 0.5) is 0 Å². The third-order valence-corrected chi connectivity index (χ3v) is 2.92. The summed E-state index contributed by atoms with van der Waals surface area (Å²) in [6.07, 6.45) is 3.96. The zero-order chi connectivity index (χ0) is 19.6. The van der Waals surface area contributed by atoms with Crippen LogP contribution in [0.1, 0.15) is 53.4 Å². The molecule has 0 bridgehead atoms. The van der Waals surface area contributed by atoms with E-state index >= 15 is 0 Å². The van der Waals surface area contributed by atoms with E-state index in [1.807, 2.05) is 6.92 Å². The first-order chi connectivity index (χ1) is 11.8. The smallest absolute Gasteiger partial charge is 0.364 e. The Kier molecular flexibility index (Phi) is 18.3. The van der Waals surface area contributed by atoms with E-state index in [1.54, 1.807) is 6.92 Å². The zero-order valence-electron chi connectivity index (χ0n) is 15.9. The van der Waals surface area contributed by atoms with E-state index in [0.29, 0.717) is 26.4 Å². The molecule has 0 aliphatic rings. The summed E-state index contributed by atoms with van der Waals surface area (Å²) in [6.45, 7) is 9.34. The molecule has 0 aromatic carbocycles. The molecule has 0 aliphatic heterocycles. The number of ether oxygens (including phenoxy) is 4. The highest BCUT2D eigenvalue weighted by Gasteiger charge is 2.34. The normalized spacial score (nSPS) is 12.8. The summed E-state index contributed by atoms with van der Waals surface area (Å²) in [5, 5.41) is 17.0. The second-order valence-corrected chi connectivity index (χ2v) is 5.30. The first-order valence-corrected chi connectivity index (χ1v) is 8.72. The van der Waals surface area contributed by atoms with E-state index in [0.717, 1.165) is 32.3 Å². The second kappa shape index (κ2) is 17.6. The molecular formula is C17H34O8. The molecule has 0 rings (SSSR count). The summed E-state index contributed by atoms with van der Waals surface area (Å²) in [5.74, 6) is -3.50. The van der Waals surface area contributed by atoms with Gasteiger partial charge >= 0.3 is 11.9 Å². The summed E-state index contributed by atoms with van der Waals surface area (Å²) in [4.78, 5) is 20.7. The molecular weight excluding hydrogens is 332 g/mol. The largest absolute Gasteiger partial charge is 0.480 e. The zero-order valence-corrected chi connectivity index (χ0v) is 15.9. The number of carboxylic acid groups (broad SMARTS) is 2. The molecule has 0 saturated heterocycles. The van der Waals surface area contributed by atoms with Crippen molar-refractivity contribution in [2.75, 3.05) is 39.6 Å². The second-order valence-electron chi connectivity index (χ2n) is 5.30. The summed E-state index contributed by atoms with van der Waals surface area (Å²) in [6, 6.07) is 0. The summed E-state index contributed by atoms with van der Waals surface area (Å²) >= 11 is 0. The maximum atomic E-state index is 10.8. The lowest BCUT2D eigenvalue weighted by atomic mass is 10.3. The van der Waals surface area contributed by atoms with E-state index in [-0.39, 0.29) is 6.61 Å². The van der Waals surface area contributed by atoms with Crippen LogP contribution in [0.15, 0.2) is 0 Å². The third-order valence-electron chi connectivity index (χ3n) is 2.92. The van der Waals surface area contributed by atoms with Crippen LogP contribution in [0, 0.1) is 0 Å². The average Bonchev–Trinajstić information content (AvgIpc) is 2.55. The van der Waals surface area contributed by atoms with Gasteiger partial charge in [0.05, 0.1) is 19.8 Å². The molecule has 8 nitrogen and oxygen atoms in total. The number of carbonyl (C=O) groups is 2. The molecule has 2 N–H and O–H groups in total. The van der Waals surface area contributed by atoms with E-state index in [4.69, 9.17) is 29.2 Å². The summed E-state index contributed by atoms with van der Waals surface area (Å²) in [5.41, 5.74) is 0. The fourth-order valence-corrected chi connectivity index (χ4v) is 1.48. The van der Waals surface area contributed by atoms with Crippen molar-refractivity contribution in [1.82, 2.24) is 0 Å². The van der Waals surface area contributed by atoms with Crippen molar-refractivity contribution in [3.63, 3.8) is 0 Å². The highest BCUT2D eigenvalue weighted by atomic mass is 16.7. The Hall–Kier alpha value is -1.22. The van der Waals surface area contributed by atoms with Crippen molar-refractivity contribution in [3.05, 3.63) is 0 Å². The maximum absolute atomic E-state index is 10.8. The minimum Gasteiger partial charge on any atom is -0.480 e. The van der Waals surface area contributed by atoms with Gasteiger partial charge in [0.1, 0.15) is 6.61 Å². The molecule has 25 heavy (non-hydrogen) atoms. The molecule has 0 aromatic heterocycles. The Morgan fingerprint density at radius 1 is 0.840 bits per heavy atom. The van der Waals surface area contributed by atoms with Gasteiger partial charge in [0.2, 0.25) is 0 Å². The van der Waals surface area contributed by atoms with Crippen LogP contribution < -0.4 is 0 Å². The van der Waals surface area contributed by atoms with Crippen molar-refractivity contribution in [1.29, 1.82) is 0 Å². The van der Waals surface area contributed by atoms with Crippen LogP contribution in [0.3, 0.4) is 0 Å². The van der Waals surface area contributed by atoms with Gasteiger partial charge in [-0.05, 0) is 19.8 Å². The Labute approximate surface area is 150 Å².